The van der Waals surface area contributed by atoms with Crippen molar-refractivity contribution in [2.24, 2.45) is 0 Å². The van der Waals surface area contributed by atoms with Crippen molar-refractivity contribution in [3.63, 3.8) is 0 Å². The van der Waals surface area contributed by atoms with E-state index in [0.717, 1.165) is 22.4 Å². The van der Waals surface area contributed by atoms with Crippen LogP contribution in [-0.4, -0.2) is 18.6 Å². The summed E-state index contributed by atoms with van der Waals surface area (Å²) in [6.07, 6.45) is 9.24. The molecule has 1 aliphatic carbocycles. The minimum absolute atomic E-state index is 0.228. The fourth-order valence-electron chi connectivity index (χ4n) is 4.20. The number of benzene rings is 2. The van der Waals surface area contributed by atoms with E-state index in [4.69, 9.17) is 15.2 Å². The molecule has 0 aliphatic heterocycles. The summed E-state index contributed by atoms with van der Waals surface area (Å²) in [6, 6.07) is 13.5. The van der Waals surface area contributed by atoms with Gasteiger partial charge in [0.2, 0.25) is 0 Å². The van der Waals surface area contributed by atoms with Gasteiger partial charge in [-0.3, -0.25) is 4.79 Å². The number of para-hydroxylation sites is 3. The van der Waals surface area contributed by atoms with Crippen molar-refractivity contribution in [3.8, 4) is 5.75 Å². The minimum Gasteiger partial charge on any atom is -0.455 e. The molecule has 0 saturated heterocycles. The maximum absolute atomic E-state index is 13.8. The Labute approximate surface area is 209 Å². The number of carbonyl (C=O) groups excluding carboxylic acids is 1. The van der Waals surface area contributed by atoms with Crippen molar-refractivity contribution >= 4 is 17.3 Å². The van der Waals surface area contributed by atoms with E-state index < -0.39 is 5.60 Å². The third kappa shape index (κ3) is 5.75. The number of allylic oxidation sites excluding steroid dienone is 5. The van der Waals surface area contributed by atoms with Crippen LogP contribution in [0.5, 0.6) is 5.75 Å². The highest BCUT2D eigenvalue weighted by molar-refractivity contribution is 6.00. The summed E-state index contributed by atoms with van der Waals surface area (Å²) >= 11 is 0. The van der Waals surface area contributed by atoms with Crippen molar-refractivity contribution in [1.29, 1.82) is 0 Å². The summed E-state index contributed by atoms with van der Waals surface area (Å²) in [5.41, 5.74) is 9.27. The highest BCUT2D eigenvalue weighted by atomic mass is 16.5. The topological polar surface area (TPSA) is 73.6 Å². The second-order valence-electron chi connectivity index (χ2n) is 9.30. The first-order valence-corrected chi connectivity index (χ1v) is 12.0. The minimum atomic E-state index is -1.20. The second-order valence-corrected chi connectivity index (χ2v) is 9.30. The smallest absolute Gasteiger partial charge is 0.261 e. The molecule has 0 radical (unpaired) electrons. The number of hydrogen-bond acceptors (Lipinski definition) is 4. The Kier molecular flexibility index (Phi) is 8.36. The monoisotopic (exact) mass is 472 g/mol. The van der Waals surface area contributed by atoms with Gasteiger partial charge in [0.25, 0.3) is 5.91 Å². The average Bonchev–Trinajstić information content (AvgIpc) is 2.84. The third-order valence-electron chi connectivity index (χ3n) is 6.20. The Hall–Kier alpha value is -3.57. The van der Waals surface area contributed by atoms with Gasteiger partial charge in [-0.05, 0) is 52.8 Å². The van der Waals surface area contributed by atoms with E-state index in [1.807, 2.05) is 30.4 Å². The van der Waals surface area contributed by atoms with Crippen molar-refractivity contribution in [2.75, 3.05) is 18.2 Å². The molecule has 0 aromatic heterocycles. The number of rotatable bonds is 9. The number of methoxy groups -OCH3 is 1. The number of amides is 1. The number of nitrogens with two attached hydrogens (primary N) is 1. The molecule has 35 heavy (non-hydrogen) atoms. The molecule has 5 heteroatoms. The summed E-state index contributed by atoms with van der Waals surface area (Å²) in [7, 11) is 1.55. The molecule has 0 saturated carbocycles. The van der Waals surface area contributed by atoms with Crippen LogP contribution in [0.4, 0.5) is 11.4 Å². The summed E-state index contributed by atoms with van der Waals surface area (Å²) < 4.78 is 12.0. The van der Waals surface area contributed by atoms with Gasteiger partial charge in [-0.1, -0.05) is 82.8 Å². The van der Waals surface area contributed by atoms with Gasteiger partial charge in [0, 0.05) is 19.2 Å². The van der Waals surface area contributed by atoms with Crippen LogP contribution in [0, 0.1) is 0 Å². The van der Waals surface area contributed by atoms with Crippen LogP contribution >= 0.6 is 0 Å². The zero-order chi connectivity index (χ0) is 25.6. The van der Waals surface area contributed by atoms with Crippen LogP contribution in [0.2, 0.25) is 0 Å². The first-order chi connectivity index (χ1) is 16.7. The van der Waals surface area contributed by atoms with Gasteiger partial charge < -0.3 is 20.5 Å². The van der Waals surface area contributed by atoms with Crippen LogP contribution in [0.1, 0.15) is 57.1 Å². The summed E-state index contributed by atoms with van der Waals surface area (Å²) in [5.74, 6) is 1.38. The van der Waals surface area contributed by atoms with Gasteiger partial charge in [0.1, 0.15) is 11.5 Å². The molecular formula is C30H36N2O3. The van der Waals surface area contributed by atoms with E-state index in [1.54, 1.807) is 37.5 Å². The largest absolute Gasteiger partial charge is 0.455 e. The zero-order valence-electron chi connectivity index (χ0n) is 21.3. The highest BCUT2D eigenvalue weighted by Gasteiger charge is 2.40. The van der Waals surface area contributed by atoms with Gasteiger partial charge >= 0.3 is 0 Å². The first kappa shape index (κ1) is 26.0. The molecule has 1 aliphatic rings. The van der Waals surface area contributed by atoms with Gasteiger partial charge in [-0.2, -0.15) is 0 Å². The fraction of sp³-hybridized carbons (Fsp3) is 0.300. The Balaban J connectivity index is 1.93. The Morgan fingerprint density at radius 1 is 1.09 bits per heavy atom. The molecular weight excluding hydrogens is 436 g/mol. The zero-order valence-corrected chi connectivity index (χ0v) is 21.3. The van der Waals surface area contributed by atoms with E-state index >= 15 is 0 Å². The van der Waals surface area contributed by atoms with E-state index in [2.05, 4.69) is 51.7 Å². The van der Waals surface area contributed by atoms with E-state index in [0.29, 0.717) is 23.6 Å². The Bertz CT molecular complexity index is 1150. The lowest BCUT2D eigenvalue weighted by atomic mass is 9.86. The summed E-state index contributed by atoms with van der Waals surface area (Å²) in [5, 5.41) is 3.21. The van der Waals surface area contributed by atoms with Crippen molar-refractivity contribution in [2.45, 2.75) is 51.6 Å². The lowest BCUT2D eigenvalue weighted by Crippen LogP contribution is -2.45. The number of hydrogen-bond donors (Lipinski definition) is 2. The lowest BCUT2D eigenvalue weighted by molar-refractivity contribution is -0.132. The van der Waals surface area contributed by atoms with E-state index in [-0.39, 0.29) is 17.7 Å². The molecule has 2 aromatic rings. The summed E-state index contributed by atoms with van der Waals surface area (Å²) in [6.45, 7) is 12.3. The molecule has 0 fully saturated rings. The molecule has 5 nitrogen and oxygen atoms in total. The number of anilines is 2. The molecule has 0 heterocycles. The number of nitrogens with one attached hydrogen (secondary N) is 1. The molecule has 1 amide bonds. The second kappa shape index (κ2) is 11.2. The fourth-order valence-corrected chi connectivity index (χ4v) is 4.20. The summed E-state index contributed by atoms with van der Waals surface area (Å²) in [4.78, 5) is 13.8. The number of nitrogen functional groups attached to an aromatic ring is 1. The van der Waals surface area contributed by atoms with Crippen LogP contribution in [0.3, 0.4) is 0 Å². The van der Waals surface area contributed by atoms with Crippen molar-refractivity contribution in [3.05, 3.63) is 102 Å². The van der Waals surface area contributed by atoms with Gasteiger partial charge in [0.15, 0.2) is 5.60 Å². The normalized spacial score (nSPS) is 17.9. The van der Waals surface area contributed by atoms with E-state index in [9.17, 15) is 4.79 Å². The molecule has 184 valence electrons. The quantitative estimate of drug-likeness (QED) is 0.237. The lowest BCUT2D eigenvalue weighted by Gasteiger charge is -2.32. The van der Waals surface area contributed by atoms with Crippen LogP contribution < -0.4 is 15.8 Å². The van der Waals surface area contributed by atoms with Gasteiger partial charge in [0.05, 0.1) is 5.69 Å². The maximum atomic E-state index is 13.8. The molecule has 0 bridgehead atoms. The Morgan fingerprint density at radius 2 is 1.74 bits per heavy atom. The number of carbonyl (C=O) groups is 1. The van der Waals surface area contributed by atoms with Crippen LogP contribution in [0.15, 0.2) is 90.8 Å². The SMILES string of the molecule is C=C/C=C(/Oc1ccccc1N)C1=CC=CC(OC)(C(=O)Nc2c(C(C)C)cccc2C(C)C)C1. The van der Waals surface area contributed by atoms with Crippen molar-refractivity contribution < 1.29 is 14.3 Å². The third-order valence-corrected chi connectivity index (χ3v) is 6.20. The van der Waals surface area contributed by atoms with E-state index in [1.165, 1.54) is 0 Å². The predicted octanol–water partition coefficient (Wildman–Crippen LogP) is 6.87. The van der Waals surface area contributed by atoms with Crippen LogP contribution in [-0.2, 0) is 9.53 Å². The molecule has 1 unspecified atom stereocenters. The first-order valence-electron chi connectivity index (χ1n) is 12.0. The maximum Gasteiger partial charge on any atom is 0.261 e. The molecule has 3 rings (SSSR count). The van der Waals surface area contributed by atoms with Gasteiger partial charge in [-0.15, -0.1) is 0 Å². The Morgan fingerprint density at radius 3 is 2.31 bits per heavy atom. The molecule has 2 aromatic carbocycles. The number of ether oxygens (including phenoxy) is 2. The molecule has 1 atom stereocenters. The predicted molar refractivity (Wildman–Crippen MR) is 145 cm³/mol. The average molecular weight is 473 g/mol. The van der Waals surface area contributed by atoms with Crippen LogP contribution in [0.25, 0.3) is 0 Å². The van der Waals surface area contributed by atoms with Crippen molar-refractivity contribution in [1.82, 2.24) is 0 Å². The standard InChI is InChI=1S/C30H36N2O3/c1-7-12-26(35-27-17-9-8-16-25(27)31)22-13-11-18-30(19-22,34-6)29(33)32-28-23(20(2)3)14-10-15-24(28)21(4)5/h7-18,20-21H,1,19,31H2,2-6H3,(H,32,33)/b26-12+. The molecule has 0 spiro atoms. The van der Waals surface area contributed by atoms with Gasteiger partial charge in [-0.25, -0.2) is 0 Å². The highest BCUT2D eigenvalue weighted by Crippen LogP contribution is 2.37. The molecule has 3 N–H and O–H groups in total.